The van der Waals surface area contributed by atoms with Gasteiger partial charge in [-0.05, 0) is 29.2 Å². The molecule has 0 radical (unpaired) electrons. The SMILES string of the molecule is ClCCN(Cc1ccccc1)c1snc2ccccc12. The molecule has 0 fully saturated rings. The normalized spacial score (nSPS) is 10.8. The van der Waals surface area contributed by atoms with Crippen LogP contribution in [-0.2, 0) is 6.54 Å². The lowest BCUT2D eigenvalue weighted by Crippen LogP contribution is -2.24. The Morgan fingerprint density at radius 2 is 1.75 bits per heavy atom. The van der Waals surface area contributed by atoms with Gasteiger partial charge in [-0.3, -0.25) is 0 Å². The van der Waals surface area contributed by atoms with E-state index in [9.17, 15) is 0 Å². The van der Waals surface area contributed by atoms with E-state index >= 15 is 0 Å². The zero-order valence-corrected chi connectivity index (χ0v) is 12.6. The standard InChI is InChI=1S/C16H15ClN2S/c17-10-11-19(12-13-6-2-1-3-7-13)16-14-8-4-5-9-15(14)18-20-16/h1-9H,10-12H2. The third-order valence-electron chi connectivity index (χ3n) is 3.22. The second-order valence-electron chi connectivity index (χ2n) is 4.60. The first kappa shape index (κ1) is 13.4. The molecule has 0 aliphatic rings. The summed E-state index contributed by atoms with van der Waals surface area (Å²) in [4.78, 5) is 2.31. The summed E-state index contributed by atoms with van der Waals surface area (Å²) in [5.74, 6) is 0.610. The molecule has 0 saturated carbocycles. The lowest BCUT2D eigenvalue weighted by atomic mass is 10.2. The maximum atomic E-state index is 5.97. The van der Waals surface area contributed by atoms with E-state index in [1.54, 1.807) is 11.5 Å². The molecule has 4 heteroatoms. The first-order valence-corrected chi connectivity index (χ1v) is 7.88. The van der Waals surface area contributed by atoms with Crippen molar-refractivity contribution in [1.29, 1.82) is 0 Å². The number of hydrogen-bond acceptors (Lipinski definition) is 3. The van der Waals surface area contributed by atoms with Crippen molar-refractivity contribution in [1.82, 2.24) is 4.37 Å². The van der Waals surface area contributed by atoms with Crippen molar-refractivity contribution in [3.05, 3.63) is 60.2 Å². The van der Waals surface area contributed by atoms with Crippen molar-refractivity contribution in [2.75, 3.05) is 17.3 Å². The third-order valence-corrected chi connectivity index (χ3v) is 4.33. The number of aromatic nitrogens is 1. The molecule has 1 heterocycles. The summed E-state index contributed by atoms with van der Waals surface area (Å²) in [6.07, 6.45) is 0. The molecule has 0 spiro atoms. The second-order valence-corrected chi connectivity index (χ2v) is 5.73. The van der Waals surface area contributed by atoms with Crippen molar-refractivity contribution in [3.63, 3.8) is 0 Å². The molecule has 3 rings (SSSR count). The van der Waals surface area contributed by atoms with Gasteiger partial charge in [0, 0.05) is 24.4 Å². The minimum absolute atomic E-state index is 0.610. The molecule has 0 saturated heterocycles. The summed E-state index contributed by atoms with van der Waals surface area (Å²) in [5, 5.41) is 2.41. The van der Waals surface area contributed by atoms with Crippen LogP contribution in [-0.4, -0.2) is 16.8 Å². The van der Waals surface area contributed by atoms with Gasteiger partial charge in [-0.2, -0.15) is 4.37 Å². The fourth-order valence-corrected chi connectivity index (χ4v) is 3.35. The highest BCUT2D eigenvalue weighted by Gasteiger charge is 2.13. The Balaban J connectivity index is 1.94. The number of anilines is 1. The van der Waals surface area contributed by atoms with Gasteiger partial charge >= 0.3 is 0 Å². The molecule has 3 aromatic rings. The van der Waals surface area contributed by atoms with Crippen LogP contribution in [0.2, 0.25) is 0 Å². The van der Waals surface area contributed by atoms with Crippen molar-refractivity contribution in [2.24, 2.45) is 0 Å². The van der Waals surface area contributed by atoms with Gasteiger partial charge in [0.1, 0.15) is 5.00 Å². The fraction of sp³-hybridized carbons (Fsp3) is 0.188. The summed E-state index contributed by atoms with van der Waals surface area (Å²) in [6, 6.07) is 18.7. The molecule has 2 aromatic carbocycles. The smallest absolute Gasteiger partial charge is 0.120 e. The number of hydrogen-bond donors (Lipinski definition) is 0. The van der Waals surface area contributed by atoms with Crippen LogP contribution in [0, 0.1) is 0 Å². The van der Waals surface area contributed by atoms with Gasteiger partial charge in [-0.25, -0.2) is 0 Å². The van der Waals surface area contributed by atoms with Crippen LogP contribution in [0.25, 0.3) is 10.9 Å². The molecule has 0 atom stereocenters. The van der Waals surface area contributed by atoms with E-state index in [1.165, 1.54) is 16.0 Å². The molecule has 0 unspecified atom stereocenters. The average molecular weight is 303 g/mol. The first-order valence-electron chi connectivity index (χ1n) is 6.58. The molecule has 0 N–H and O–H groups in total. The number of benzene rings is 2. The first-order chi connectivity index (χ1) is 9.88. The van der Waals surface area contributed by atoms with Gasteiger partial charge < -0.3 is 4.90 Å². The molecule has 1 aromatic heterocycles. The highest BCUT2D eigenvalue weighted by atomic mass is 35.5. The van der Waals surface area contributed by atoms with E-state index in [0.29, 0.717) is 5.88 Å². The molecule has 0 aliphatic heterocycles. The number of halogens is 1. The maximum Gasteiger partial charge on any atom is 0.120 e. The molecule has 0 aliphatic carbocycles. The quantitative estimate of drug-likeness (QED) is 0.643. The van der Waals surface area contributed by atoms with Crippen LogP contribution in [0.15, 0.2) is 54.6 Å². The second kappa shape index (κ2) is 6.25. The fourth-order valence-electron chi connectivity index (χ4n) is 2.26. The van der Waals surface area contributed by atoms with Gasteiger partial charge in [0.15, 0.2) is 0 Å². The van der Waals surface area contributed by atoms with Crippen molar-refractivity contribution < 1.29 is 0 Å². The minimum atomic E-state index is 0.610. The molecule has 0 amide bonds. The summed E-state index contributed by atoms with van der Waals surface area (Å²) in [7, 11) is 0. The molecule has 2 nitrogen and oxygen atoms in total. The van der Waals surface area contributed by atoms with E-state index in [-0.39, 0.29) is 0 Å². The van der Waals surface area contributed by atoms with Crippen LogP contribution in [0.1, 0.15) is 5.56 Å². The number of rotatable bonds is 5. The van der Waals surface area contributed by atoms with Crippen LogP contribution in [0.4, 0.5) is 5.00 Å². The lowest BCUT2D eigenvalue weighted by molar-refractivity contribution is 0.848. The van der Waals surface area contributed by atoms with Gasteiger partial charge in [-0.1, -0.05) is 42.5 Å². The van der Waals surface area contributed by atoms with Crippen LogP contribution in [0.3, 0.4) is 0 Å². The zero-order valence-electron chi connectivity index (χ0n) is 11.0. The summed E-state index contributed by atoms with van der Waals surface area (Å²) in [6.45, 7) is 1.68. The van der Waals surface area contributed by atoms with Crippen LogP contribution >= 0.6 is 23.1 Å². The lowest BCUT2D eigenvalue weighted by Gasteiger charge is -2.22. The molecular weight excluding hydrogens is 288 g/mol. The topological polar surface area (TPSA) is 16.1 Å². The summed E-state index contributed by atoms with van der Waals surface area (Å²) < 4.78 is 4.52. The van der Waals surface area contributed by atoms with Gasteiger partial charge in [0.05, 0.1) is 5.52 Å². The highest BCUT2D eigenvalue weighted by molar-refractivity contribution is 7.11. The summed E-state index contributed by atoms with van der Waals surface area (Å²) in [5.41, 5.74) is 2.34. The molecule has 102 valence electrons. The van der Waals surface area contributed by atoms with Crippen LogP contribution < -0.4 is 4.90 Å². The van der Waals surface area contributed by atoms with Gasteiger partial charge in [-0.15, -0.1) is 11.6 Å². The van der Waals surface area contributed by atoms with Gasteiger partial charge in [0.25, 0.3) is 0 Å². The average Bonchev–Trinajstić information content (AvgIpc) is 2.92. The van der Waals surface area contributed by atoms with Crippen molar-refractivity contribution >= 4 is 39.0 Å². The summed E-state index contributed by atoms with van der Waals surface area (Å²) >= 11 is 7.52. The molecular formula is C16H15ClN2S. The Bertz CT molecular complexity index is 681. The van der Waals surface area contributed by atoms with Gasteiger partial charge in [0.2, 0.25) is 0 Å². The number of fused-ring (bicyclic) bond motifs is 1. The number of nitrogens with zero attached hydrogens (tertiary/aromatic N) is 2. The molecule has 20 heavy (non-hydrogen) atoms. The van der Waals surface area contributed by atoms with E-state index in [1.807, 2.05) is 12.1 Å². The van der Waals surface area contributed by atoms with Crippen LogP contribution in [0.5, 0.6) is 0 Å². The zero-order chi connectivity index (χ0) is 13.8. The molecule has 0 bridgehead atoms. The van der Waals surface area contributed by atoms with Crippen molar-refractivity contribution in [3.8, 4) is 0 Å². The monoisotopic (exact) mass is 302 g/mol. The van der Waals surface area contributed by atoms with E-state index in [4.69, 9.17) is 11.6 Å². The van der Waals surface area contributed by atoms with E-state index in [2.05, 4.69) is 51.7 Å². The third kappa shape index (κ3) is 2.79. The van der Waals surface area contributed by atoms with Crippen molar-refractivity contribution in [2.45, 2.75) is 6.54 Å². The predicted octanol–water partition coefficient (Wildman–Crippen LogP) is 4.54. The Morgan fingerprint density at radius 3 is 2.55 bits per heavy atom. The Kier molecular flexibility index (Phi) is 4.19. The minimum Gasteiger partial charge on any atom is -0.356 e. The van der Waals surface area contributed by atoms with E-state index in [0.717, 1.165) is 18.6 Å². The Hall–Kier alpha value is -1.58. The van der Waals surface area contributed by atoms with E-state index < -0.39 is 0 Å². The number of alkyl halides is 1. The Morgan fingerprint density at radius 1 is 1.00 bits per heavy atom. The largest absolute Gasteiger partial charge is 0.356 e. The maximum absolute atomic E-state index is 5.97. The Labute approximate surface area is 127 Å². The predicted molar refractivity (Wildman–Crippen MR) is 87.8 cm³/mol. The highest BCUT2D eigenvalue weighted by Crippen LogP contribution is 2.32.